The fraction of sp³-hybridized carbons (Fsp3) is 0.250. The van der Waals surface area contributed by atoms with E-state index < -0.39 is 0 Å². The maximum absolute atomic E-state index is 12.9. The van der Waals surface area contributed by atoms with Crippen LogP contribution in [-0.4, -0.2) is 11.8 Å². The fourth-order valence-electron chi connectivity index (χ4n) is 3.78. The van der Waals surface area contributed by atoms with Crippen LogP contribution in [0.3, 0.4) is 0 Å². The van der Waals surface area contributed by atoms with Crippen molar-refractivity contribution in [2.75, 3.05) is 10.6 Å². The Kier molecular flexibility index (Phi) is 6.06. The Morgan fingerprint density at radius 2 is 1.69 bits per heavy atom. The summed E-state index contributed by atoms with van der Waals surface area (Å²) in [7, 11) is 0. The van der Waals surface area contributed by atoms with E-state index in [0.29, 0.717) is 11.3 Å². The summed E-state index contributed by atoms with van der Waals surface area (Å²) in [6.45, 7) is 0. The zero-order chi connectivity index (χ0) is 20.1. The van der Waals surface area contributed by atoms with Crippen molar-refractivity contribution in [2.45, 2.75) is 32.1 Å². The molecular weight excluding hydrogens is 380 g/mol. The molecule has 0 radical (unpaired) electrons. The molecule has 148 valence electrons. The molecule has 1 aliphatic rings. The van der Waals surface area contributed by atoms with E-state index >= 15 is 0 Å². The average Bonchev–Trinajstić information content (AvgIpc) is 3.30. The molecule has 1 fully saturated rings. The number of amides is 2. The molecule has 0 aliphatic heterocycles. The van der Waals surface area contributed by atoms with Gasteiger partial charge in [0, 0.05) is 16.5 Å². The minimum atomic E-state index is -0.229. The second-order valence-corrected chi connectivity index (χ2v) is 8.33. The van der Waals surface area contributed by atoms with Gasteiger partial charge in [0.05, 0.1) is 11.3 Å². The molecule has 4 nitrogen and oxygen atoms in total. The molecule has 3 aromatic rings. The van der Waals surface area contributed by atoms with Crippen LogP contribution < -0.4 is 10.6 Å². The Bertz CT molecular complexity index is 992. The van der Waals surface area contributed by atoms with Gasteiger partial charge in [-0.1, -0.05) is 49.6 Å². The van der Waals surface area contributed by atoms with E-state index in [4.69, 9.17) is 0 Å². The molecule has 5 heteroatoms. The number of carbonyl (C=O) groups is 2. The van der Waals surface area contributed by atoms with Gasteiger partial charge in [-0.3, -0.25) is 9.59 Å². The Hall–Kier alpha value is -2.92. The van der Waals surface area contributed by atoms with Gasteiger partial charge < -0.3 is 10.6 Å². The van der Waals surface area contributed by atoms with Crippen molar-refractivity contribution in [3.8, 4) is 10.4 Å². The van der Waals surface area contributed by atoms with Crippen LogP contribution in [-0.2, 0) is 4.79 Å². The zero-order valence-electron chi connectivity index (χ0n) is 16.2. The van der Waals surface area contributed by atoms with Crippen molar-refractivity contribution in [1.82, 2.24) is 0 Å². The Morgan fingerprint density at radius 1 is 0.862 bits per heavy atom. The Balaban J connectivity index is 1.49. The van der Waals surface area contributed by atoms with Crippen LogP contribution in [0.2, 0.25) is 0 Å². The first kappa shape index (κ1) is 19.4. The lowest BCUT2D eigenvalue weighted by Crippen LogP contribution is -2.26. The van der Waals surface area contributed by atoms with Gasteiger partial charge in [-0.2, -0.15) is 0 Å². The van der Waals surface area contributed by atoms with Crippen molar-refractivity contribution in [3.63, 3.8) is 0 Å². The third kappa shape index (κ3) is 4.74. The molecule has 0 spiro atoms. The molecule has 0 unspecified atom stereocenters. The van der Waals surface area contributed by atoms with E-state index in [1.54, 1.807) is 23.5 Å². The van der Waals surface area contributed by atoms with Crippen LogP contribution in [0.25, 0.3) is 10.4 Å². The van der Waals surface area contributed by atoms with Crippen molar-refractivity contribution >= 4 is 34.5 Å². The lowest BCUT2D eigenvalue weighted by atomic mass is 9.88. The second kappa shape index (κ2) is 9.05. The highest BCUT2D eigenvalue weighted by atomic mass is 32.1. The fourth-order valence-corrected chi connectivity index (χ4v) is 4.51. The van der Waals surface area contributed by atoms with Crippen LogP contribution >= 0.6 is 11.3 Å². The first-order chi connectivity index (χ1) is 14.2. The van der Waals surface area contributed by atoms with E-state index in [1.807, 2.05) is 47.8 Å². The highest BCUT2D eigenvalue weighted by molar-refractivity contribution is 7.13. The minimum Gasteiger partial charge on any atom is -0.325 e. The molecular formula is C24H24N2O2S. The monoisotopic (exact) mass is 404 g/mol. The summed E-state index contributed by atoms with van der Waals surface area (Å²) in [6, 6.07) is 19.1. The third-order valence-electron chi connectivity index (χ3n) is 5.33. The van der Waals surface area contributed by atoms with E-state index in [0.717, 1.165) is 41.8 Å². The molecule has 0 bridgehead atoms. The van der Waals surface area contributed by atoms with Crippen LogP contribution in [0.1, 0.15) is 42.5 Å². The van der Waals surface area contributed by atoms with E-state index in [9.17, 15) is 9.59 Å². The van der Waals surface area contributed by atoms with Gasteiger partial charge in [-0.15, -0.1) is 11.3 Å². The number of rotatable bonds is 5. The second-order valence-electron chi connectivity index (χ2n) is 7.38. The topological polar surface area (TPSA) is 58.2 Å². The van der Waals surface area contributed by atoms with Gasteiger partial charge in [-0.05, 0) is 54.1 Å². The average molecular weight is 405 g/mol. The number of carbonyl (C=O) groups excluding carboxylic acids is 2. The van der Waals surface area contributed by atoms with Crippen molar-refractivity contribution in [2.24, 2.45) is 5.92 Å². The first-order valence-electron chi connectivity index (χ1n) is 10.1. The molecule has 1 aromatic heterocycles. The molecule has 2 aromatic carbocycles. The summed E-state index contributed by atoms with van der Waals surface area (Å²) in [5.41, 5.74) is 2.83. The first-order valence-corrected chi connectivity index (χ1v) is 10.9. The van der Waals surface area contributed by atoms with Gasteiger partial charge in [0.15, 0.2) is 0 Å². The number of hydrogen-bond acceptors (Lipinski definition) is 3. The molecule has 1 heterocycles. The number of anilines is 2. The number of hydrogen-bond donors (Lipinski definition) is 2. The zero-order valence-corrected chi connectivity index (χ0v) is 17.0. The lowest BCUT2D eigenvalue weighted by molar-refractivity contribution is -0.120. The predicted molar refractivity (Wildman–Crippen MR) is 119 cm³/mol. The quantitative estimate of drug-likeness (QED) is 0.533. The van der Waals surface area contributed by atoms with E-state index in [1.165, 1.54) is 6.42 Å². The molecule has 29 heavy (non-hydrogen) atoms. The molecule has 2 N–H and O–H groups in total. The number of para-hydroxylation sites is 1. The summed E-state index contributed by atoms with van der Waals surface area (Å²) in [5, 5.41) is 7.98. The molecule has 0 atom stereocenters. The molecule has 2 amide bonds. The molecule has 4 rings (SSSR count). The Labute approximate surface area is 175 Å². The highest BCUT2D eigenvalue weighted by Crippen LogP contribution is 2.28. The summed E-state index contributed by atoms with van der Waals surface area (Å²) >= 11 is 1.66. The van der Waals surface area contributed by atoms with Gasteiger partial charge in [0.2, 0.25) is 5.91 Å². The van der Waals surface area contributed by atoms with Gasteiger partial charge >= 0.3 is 0 Å². The molecule has 1 aliphatic carbocycles. The van der Waals surface area contributed by atoms with Crippen molar-refractivity contribution < 1.29 is 9.59 Å². The molecule has 1 saturated carbocycles. The largest absolute Gasteiger partial charge is 0.325 e. The maximum Gasteiger partial charge on any atom is 0.257 e. The molecule has 0 saturated heterocycles. The summed E-state index contributed by atoms with van der Waals surface area (Å²) in [4.78, 5) is 26.7. The summed E-state index contributed by atoms with van der Waals surface area (Å²) < 4.78 is 0. The summed E-state index contributed by atoms with van der Waals surface area (Å²) in [6.07, 6.45) is 5.25. The van der Waals surface area contributed by atoms with Crippen LogP contribution in [0.5, 0.6) is 0 Å². The number of nitrogens with one attached hydrogen (secondary N) is 2. The normalized spacial score (nSPS) is 14.3. The standard InChI is InChI=1S/C24H24N2O2S/c27-23(17-8-2-1-3-9-17)26-21-13-5-4-12-20(21)24(28)25-19-11-6-10-18(16-19)22-14-7-15-29-22/h4-7,10-17H,1-3,8-9H2,(H,25,28)(H,26,27). The SMILES string of the molecule is O=C(Nc1cccc(-c2cccs2)c1)c1ccccc1NC(=O)C1CCCCC1. The van der Waals surface area contributed by atoms with Crippen LogP contribution in [0.15, 0.2) is 66.0 Å². The maximum atomic E-state index is 12.9. The predicted octanol–water partition coefficient (Wildman–Crippen LogP) is 6.19. The minimum absolute atomic E-state index is 0.0182. The smallest absolute Gasteiger partial charge is 0.257 e. The van der Waals surface area contributed by atoms with Gasteiger partial charge in [-0.25, -0.2) is 0 Å². The van der Waals surface area contributed by atoms with Crippen LogP contribution in [0.4, 0.5) is 11.4 Å². The number of thiophene rings is 1. The highest BCUT2D eigenvalue weighted by Gasteiger charge is 2.22. The lowest BCUT2D eigenvalue weighted by Gasteiger charge is -2.21. The number of benzene rings is 2. The van der Waals surface area contributed by atoms with Crippen LogP contribution in [0, 0.1) is 5.92 Å². The van der Waals surface area contributed by atoms with Gasteiger partial charge in [0.25, 0.3) is 5.91 Å². The van der Waals surface area contributed by atoms with Crippen molar-refractivity contribution in [3.05, 3.63) is 71.6 Å². The summed E-state index contributed by atoms with van der Waals surface area (Å²) in [5.74, 6) is -0.167. The van der Waals surface area contributed by atoms with E-state index in [-0.39, 0.29) is 17.7 Å². The van der Waals surface area contributed by atoms with Crippen molar-refractivity contribution in [1.29, 1.82) is 0 Å². The third-order valence-corrected chi connectivity index (χ3v) is 6.25. The van der Waals surface area contributed by atoms with E-state index in [2.05, 4.69) is 16.7 Å². The Morgan fingerprint density at radius 3 is 2.48 bits per heavy atom. The van der Waals surface area contributed by atoms with Gasteiger partial charge in [0.1, 0.15) is 0 Å².